The smallest absolute Gasteiger partial charge is 0.222 e. The monoisotopic (exact) mass is 242 g/mol. The standard InChI is InChI=1S/C13H26N2O2/c1-11(2)6-8-17-9-7-14-12-4-5-13(16)15(3)10-12/h11-12,14H,4-10H2,1-3H3. The first kappa shape index (κ1) is 14.5. The van der Waals surface area contributed by atoms with E-state index in [9.17, 15) is 4.79 Å². The Kier molecular flexibility index (Phi) is 6.52. The van der Waals surface area contributed by atoms with Gasteiger partial charge in [-0.05, 0) is 18.8 Å². The van der Waals surface area contributed by atoms with Crippen LogP contribution in [0.4, 0.5) is 0 Å². The van der Waals surface area contributed by atoms with E-state index in [0.717, 1.165) is 39.1 Å². The molecule has 0 radical (unpaired) electrons. The molecule has 1 N–H and O–H groups in total. The first-order valence-corrected chi connectivity index (χ1v) is 6.64. The van der Waals surface area contributed by atoms with E-state index >= 15 is 0 Å². The van der Waals surface area contributed by atoms with Gasteiger partial charge in [-0.3, -0.25) is 4.79 Å². The van der Waals surface area contributed by atoms with Crippen LogP contribution in [0.1, 0.15) is 33.1 Å². The van der Waals surface area contributed by atoms with E-state index in [0.29, 0.717) is 18.4 Å². The predicted octanol–water partition coefficient (Wildman–Crippen LogP) is 1.26. The Balaban J connectivity index is 1.98. The van der Waals surface area contributed by atoms with Crippen molar-refractivity contribution in [1.82, 2.24) is 10.2 Å². The number of hydrogen-bond acceptors (Lipinski definition) is 3. The van der Waals surface area contributed by atoms with Gasteiger partial charge in [0.15, 0.2) is 0 Å². The molecule has 4 heteroatoms. The van der Waals surface area contributed by atoms with E-state index < -0.39 is 0 Å². The van der Waals surface area contributed by atoms with Crippen molar-refractivity contribution in [3.05, 3.63) is 0 Å². The number of rotatable bonds is 7. The molecule has 1 aliphatic heterocycles. The van der Waals surface area contributed by atoms with Crippen LogP contribution in [0.5, 0.6) is 0 Å². The van der Waals surface area contributed by atoms with Crippen LogP contribution in [0.2, 0.25) is 0 Å². The summed E-state index contributed by atoms with van der Waals surface area (Å²) < 4.78 is 5.54. The highest BCUT2D eigenvalue weighted by molar-refractivity contribution is 5.76. The highest BCUT2D eigenvalue weighted by Gasteiger charge is 2.21. The first-order valence-electron chi connectivity index (χ1n) is 6.64. The van der Waals surface area contributed by atoms with Gasteiger partial charge in [-0.25, -0.2) is 0 Å². The zero-order valence-corrected chi connectivity index (χ0v) is 11.4. The van der Waals surface area contributed by atoms with Crippen LogP contribution in [0.3, 0.4) is 0 Å². The van der Waals surface area contributed by atoms with Crippen molar-refractivity contribution in [2.75, 3.05) is 33.4 Å². The SMILES string of the molecule is CC(C)CCOCCNC1CCC(=O)N(C)C1. The van der Waals surface area contributed by atoms with Crippen LogP contribution >= 0.6 is 0 Å². The van der Waals surface area contributed by atoms with Crippen LogP contribution in [-0.4, -0.2) is 50.2 Å². The van der Waals surface area contributed by atoms with Crippen LogP contribution in [0.15, 0.2) is 0 Å². The Morgan fingerprint density at radius 3 is 2.88 bits per heavy atom. The molecule has 100 valence electrons. The van der Waals surface area contributed by atoms with E-state index in [1.165, 1.54) is 0 Å². The highest BCUT2D eigenvalue weighted by atomic mass is 16.5. The summed E-state index contributed by atoms with van der Waals surface area (Å²) in [5, 5.41) is 3.44. The molecule has 1 atom stereocenters. The quantitative estimate of drug-likeness (QED) is 0.683. The molecule has 1 saturated heterocycles. The molecule has 0 aliphatic carbocycles. The number of likely N-dealkylation sites (N-methyl/N-ethyl adjacent to an activating group) is 1. The van der Waals surface area contributed by atoms with Crippen LogP contribution < -0.4 is 5.32 Å². The molecule has 1 rings (SSSR count). The molecular weight excluding hydrogens is 216 g/mol. The lowest BCUT2D eigenvalue weighted by Crippen LogP contribution is -2.47. The van der Waals surface area contributed by atoms with Gasteiger partial charge in [0, 0.05) is 39.2 Å². The Morgan fingerprint density at radius 1 is 1.47 bits per heavy atom. The molecule has 0 bridgehead atoms. The zero-order valence-electron chi connectivity index (χ0n) is 11.4. The summed E-state index contributed by atoms with van der Waals surface area (Å²) in [6, 6.07) is 0.436. The second kappa shape index (κ2) is 7.67. The van der Waals surface area contributed by atoms with E-state index in [1.54, 1.807) is 4.90 Å². The van der Waals surface area contributed by atoms with Gasteiger partial charge in [0.1, 0.15) is 0 Å². The molecule has 4 nitrogen and oxygen atoms in total. The number of nitrogens with zero attached hydrogens (tertiary/aromatic N) is 1. The molecule has 0 aromatic rings. The topological polar surface area (TPSA) is 41.6 Å². The van der Waals surface area contributed by atoms with Crippen molar-refractivity contribution in [1.29, 1.82) is 0 Å². The van der Waals surface area contributed by atoms with Crippen molar-refractivity contribution in [2.45, 2.75) is 39.2 Å². The van der Waals surface area contributed by atoms with Gasteiger partial charge in [-0.15, -0.1) is 0 Å². The number of amides is 1. The Labute approximate surface area is 105 Å². The van der Waals surface area contributed by atoms with E-state index in [2.05, 4.69) is 19.2 Å². The lowest BCUT2D eigenvalue weighted by atomic mass is 10.1. The number of carbonyl (C=O) groups excluding carboxylic acids is 1. The third-order valence-corrected chi connectivity index (χ3v) is 3.15. The minimum absolute atomic E-state index is 0.260. The summed E-state index contributed by atoms with van der Waals surface area (Å²) in [6.45, 7) is 7.73. The molecule has 0 aromatic carbocycles. The molecule has 1 unspecified atom stereocenters. The molecule has 0 aromatic heterocycles. The Morgan fingerprint density at radius 2 is 2.24 bits per heavy atom. The fourth-order valence-corrected chi connectivity index (χ4v) is 1.94. The molecule has 1 fully saturated rings. The van der Waals surface area contributed by atoms with Crippen molar-refractivity contribution in [2.24, 2.45) is 5.92 Å². The fourth-order valence-electron chi connectivity index (χ4n) is 1.94. The van der Waals surface area contributed by atoms with Gasteiger partial charge in [-0.1, -0.05) is 13.8 Å². The van der Waals surface area contributed by atoms with Crippen molar-refractivity contribution < 1.29 is 9.53 Å². The summed E-state index contributed by atoms with van der Waals surface area (Å²) in [5.41, 5.74) is 0. The second-order valence-corrected chi connectivity index (χ2v) is 5.26. The molecule has 1 aliphatic rings. The highest BCUT2D eigenvalue weighted by Crippen LogP contribution is 2.09. The van der Waals surface area contributed by atoms with Gasteiger partial charge in [0.25, 0.3) is 0 Å². The minimum atomic E-state index is 0.260. The number of carbonyl (C=O) groups is 1. The average molecular weight is 242 g/mol. The summed E-state index contributed by atoms with van der Waals surface area (Å²) in [5.74, 6) is 0.970. The Hall–Kier alpha value is -0.610. The number of likely N-dealkylation sites (tertiary alicyclic amines) is 1. The summed E-state index contributed by atoms with van der Waals surface area (Å²) in [4.78, 5) is 13.1. The lowest BCUT2D eigenvalue weighted by Gasteiger charge is -2.30. The van der Waals surface area contributed by atoms with Crippen LogP contribution in [0, 0.1) is 5.92 Å². The lowest BCUT2D eigenvalue weighted by molar-refractivity contribution is -0.132. The van der Waals surface area contributed by atoms with Crippen LogP contribution in [-0.2, 0) is 9.53 Å². The molecule has 17 heavy (non-hydrogen) atoms. The minimum Gasteiger partial charge on any atom is -0.380 e. The van der Waals surface area contributed by atoms with Crippen molar-refractivity contribution in [3.8, 4) is 0 Å². The van der Waals surface area contributed by atoms with Crippen molar-refractivity contribution in [3.63, 3.8) is 0 Å². The third-order valence-electron chi connectivity index (χ3n) is 3.15. The molecular formula is C13H26N2O2. The predicted molar refractivity (Wildman–Crippen MR) is 68.9 cm³/mol. The maximum absolute atomic E-state index is 11.3. The van der Waals surface area contributed by atoms with Crippen molar-refractivity contribution >= 4 is 5.91 Å². The molecule has 0 spiro atoms. The second-order valence-electron chi connectivity index (χ2n) is 5.26. The molecule has 1 amide bonds. The Bertz CT molecular complexity index is 231. The summed E-state index contributed by atoms with van der Waals surface area (Å²) in [6.07, 6.45) is 2.75. The van der Waals surface area contributed by atoms with Gasteiger partial charge in [0.2, 0.25) is 5.91 Å². The van der Waals surface area contributed by atoms with E-state index in [4.69, 9.17) is 4.74 Å². The van der Waals surface area contributed by atoms with E-state index in [-0.39, 0.29) is 5.91 Å². The molecule has 1 heterocycles. The fraction of sp³-hybridized carbons (Fsp3) is 0.923. The number of hydrogen-bond donors (Lipinski definition) is 1. The van der Waals surface area contributed by atoms with E-state index in [1.807, 2.05) is 7.05 Å². The zero-order chi connectivity index (χ0) is 12.7. The van der Waals surface area contributed by atoms with Gasteiger partial charge >= 0.3 is 0 Å². The average Bonchev–Trinajstić information content (AvgIpc) is 2.27. The molecule has 0 saturated carbocycles. The largest absolute Gasteiger partial charge is 0.380 e. The normalized spacial score (nSPS) is 21.3. The number of piperidine rings is 1. The number of nitrogens with one attached hydrogen (secondary N) is 1. The van der Waals surface area contributed by atoms with Gasteiger partial charge in [0.05, 0.1) is 6.61 Å². The third kappa shape index (κ3) is 6.03. The summed E-state index contributed by atoms with van der Waals surface area (Å²) >= 11 is 0. The van der Waals surface area contributed by atoms with Gasteiger partial charge < -0.3 is 15.0 Å². The summed E-state index contributed by atoms with van der Waals surface area (Å²) in [7, 11) is 1.87. The van der Waals surface area contributed by atoms with Gasteiger partial charge in [-0.2, -0.15) is 0 Å². The number of ether oxygens (including phenoxy) is 1. The first-order chi connectivity index (χ1) is 8.09. The maximum atomic E-state index is 11.3. The van der Waals surface area contributed by atoms with Crippen LogP contribution in [0.25, 0.3) is 0 Å². The maximum Gasteiger partial charge on any atom is 0.222 e.